The summed E-state index contributed by atoms with van der Waals surface area (Å²) >= 11 is 0. The molecule has 0 amide bonds. The van der Waals surface area contributed by atoms with E-state index in [0.717, 1.165) is 37.6 Å². The molecule has 1 saturated heterocycles. The minimum atomic E-state index is 0.720. The van der Waals surface area contributed by atoms with E-state index in [-0.39, 0.29) is 0 Å². The van der Waals surface area contributed by atoms with Gasteiger partial charge in [-0.15, -0.1) is 0 Å². The van der Waals surface area contributed by atoms with Gasteiger partial charge in [0.2, 0.25) is 0 Å². The zero-order chi connectivity index (χ0) is 13.2. The summed E-state index contributed by atoms with van der Waals surface area (Å²) < 4.78 is 5.40. The van der Waals surface area contributed by atoms with Crippen molar-refractivity contribution < 1.29 is 4.74 Å². The lowest BCUT2D eigenvalue weighted by Gasteiger charge is -2.23. The average Bonchev–Trinajstić information content (AvgIpc) is 2.38. The number of rotatable bonds is 9. The second kappa shape index (κ2) is 9.80. The zero-order valence-corrected chi connectivity index (χ0v) is 12.7. The highest BCUT2D eigenvalue weighted by atomic mass is 16.5. The number of hydrogen-bond acceptors (Lipinski definition) is 2. The van der Waals surface area contributed by atoms with Gasteiger partial charge in [0.25, 0.3) is 0 Å². The van der Waals surface area contributed by atoms with Crippen LogP contribution in [0, 0.1) is 11.8 Å². The lowest BCUT2D eigenvalue weighted by atomic mass is 9.92. The van der Waals surface area contributed by atoms with Gasteiger partial charge in [-0.25, -0.2) is 0 Å². The summed E-state index contributed by atoms with van der Waals surface area (Å²) in [5, 5.41) is 3.61. The van der Waals surface area contributed by atoms with Gasteiger partial charge in [0.05, 0.1) is 0 Å². The Hall–Kier alpha value is -0.0800. The van der Waals surface area contributed by atoms with E-state index in [1.165, 1.54) is 44.9 Å². The van der Waals surface area contributed by atoms with Crippen molar-refractivity contribution in [2.45, 2.75) is 71.8 Å². The highest BCUT2D eigenvalue weighted by Crippen LogP contribution is 2.22. The maximum Gasteiger partial charge on any atom is 0.0468 e. The summed E-state index contributed by atoms with van der Waals surface area (Å²) in [5.74, 6) is 1.72. The number of unbranched alkanes of at least 4 members (excludes halogenated alkanes) is 2. The molecule has 0 aromatic rings. The summed E-state index contributed by atoms with van der Waals surface area (Å²) in [6, 6.07) is 0.720. The van der Waals surface area contributed by atoms with E-state index in [4.69, 9.17) is 4.74 Å². The van der Waals surface area contributed by atoms with Gasteiger partial charge in [0.1, 0.15) is 0 Å². The fourth-order valence-electron chi connectivity index (χ4n) is 2.94. The van der Waals surface area contributed by atoms with Crippen LogP contribution < -0.4 is 5.32 Å². The standard InChI is InChI=1S/C16H33NO/c1-4-17-16(14(2)3)9-7-5-6-8-15-10-12-18-13-11-15/h14-17H,4-13H2,1-3H3. The highest BCUT2D eigenvalue weighted by molar-refractivity contribution is 4.70. The summed E-state index contributed by atoms with van der Waals surface area (Å²) in [4.78, 5) is 0. The molecule has 0 spiro atoms. The van der Waals surface area contributed by atoms with Crippen LogP contribution in [0.25, 0.3) is 0 Å². The monoisotopic (exact) mass is 255 g/mol. The van der Waals surface area contributed by atoms with Crippen LogP contribution in [-0.2, 0) is 4.74 Å². The lowest BCUT2D eigenvalue weighted by Crippen LogP contribution is -2.33. The average molecular weight is 255 g/mol. The minimum Gasteiger partial charge on any atom is -0.381 e. The minimum absolute atomic E-state index is 0.720. The number of ether oxygens (including phenoxy) is 1. The number of nitrogens with one attached hydrogen (secondary N) is 1. The predicted molar refractivity (Wildman–Crippen MR) is 78.9 cm³/mol. The highest BCUT2D eigenvalue weighted by Gasteiger charge is 2.14. The second-order valence-corrected chi connectivity index (χ2v) is 6.10. The molecule has 1 heterocycles. The molecule has 1 aliphatic rings. The van der Waals surface area contributed by atoms with Gasteiger partial charge in [-0.05, 0) is 37.6 Å². The van der Waals surface area contributed by atoms with Gasteiger partial charge in [0.15, 0.2) is 0 Å². The van der Waals surface area contributed by atoms with Crippen LogP contribution in [0.3, 0.4) is 0 Å². The molecular formula is C16H33NO. The Labute approximate surface area is 114 Å². The van der Waals surface area contributed by atoms with Gasteiger partial charge in [-0.2, -0.15) is 0 Å². The molecule has 2 nitrogen and oxygen atoms in total. The van der Waals surface area contributed by atoms with Crippen LogP contribution in [0.2, 0.25) is 0 Å². The molecule has 0 bridgehead atoms. The Bertz CT molecular complexity index is 188. The van der Waals surface area contributed by atoms with Crippen LogP contribution in [-0.4, -0.2) is 25.8 Å². The van der Waals surface area contributed by atoms with E-state index in [1.807, 2.05) is 0 Å². The third-order valence-corrected chi connectivity index (χ3v) is 4.24. The topological polar surface area (TPSA) is 21.3 Å². The van der Waals surface area contributed by atoms with Gasteiger partial charge < -0.3 is 10.1 Å². The molecule has 0 saturated carbocycles. The zero-order valence-electron chi connectivity index (χ0n) is 12.7. The molecule has 18 heavy (non-hydrogen) atoms. The third-order valence-electron chi connectivity index (χ3n) is 4.24. The number of hydrogen-bond donors (Lipinski definition) is 1. The smallest absolute Gasteiger partial charge is 0.0468 e. The summed E-state index contributed by atoms with van der Waals surface area (Å²) in [5.41, 5.74) is 0. The molecule has 0 aliphatic carbocycles. The van der Waals surface area contributed by atoms with Crippen LogP contribution in [0.5, 0.6) is 0 Å². The molecule has 0 aromatic heterocycles. The SMILES string of the molecule is CCNC(CCCCCC1CCOCC1)C(C)C. The van der Waals surface area contributed by atoms with Crippen LogP contribution >= 0.6 is 0 Å². The van der Waals surface area contributed by atoms with Crippen molar-refractivity contribution in [3.63, 3.8) is 0 Å². The van der Waals surface area contributed by atoms with Gasteiger partial charge >= 0.3 is 0 Å². The first-order chi connectivity index (χ1) is 8.74. The Kier molecular flexibility index (Phi) is 8.70. The van der Waals surface area contributed by atoms with E-state index >= 15 is 0 Å². The predicted octanol–water partition coefficient (Wildman–Crippen LogP) is 4.00. The Balaban J connectivity index is 1.99. The molecule has 2 heteroatoms. The Morgan fingerprint density at radius 1 is 1.11 bits per heavy atom. The molecule has 0 aromatic carbocycles. The van der Waals surface area contributed by atoms with E-state index in [2.05, 4.69) is 26.1 Å². The molecular weight excluding hydrogens is 222 g/mol. The van der Waals surface area contributed by atoms with Crippen LogP contribution in [0.4, 0.5) is 0 Å². The van der Waals surface area contributed by atoms with Crippen molar-refractivity contribution in [3.8, 4) is 0 Å². The van der Waals surface area contributed by atoms with E-state index in [0.29, 0.717) is 0 Å². The van der Waals surface area contributed by atoms with Gasteiger partial charge in [0, 0.05) is 19.3 Å². The Morgan fingerprint density at radius 3 is 2.44 bits per heavy atom. The first kappa shape index (κ1) is 16.0. The second-order valence-electron chi connectivity index (χ2n) is 6.10. The van der Waals surface area contributed by atoms with Crippen LogP contribution in [0.1, 0.15) is 65.7 Å². The Morgan fingerprint density at radius 2 is 1.83 bits per heavy atom. The quantitative estimate of drug-likeness (QED) is 0.629. The van der Waals surface area contributed by atoms with E-state index in [1.54, 1.807) is 0 Å². The van der Waals surface area contributed by atoms with Crippen molar-refractivity contribution in [2.75, 3.05) is 19.8 Å². The molecule has 1 unspecified atom stereocenters. The summed E-state index contributed by atoms with van der Waals surface area (Å²) in [7, 11) is 0. The van der Waals surface area contributed by atoms with Crippen molar-refractivity contribution in [1.82, 2.24) is 5.32 Å². The van der Waals surface area contributed by atoms with Crippen molar-refractivity contribution >= 4 is 0 Å². The molecule has 1 atom stereocenters. The summed E-state index contributed by atoms with van der Waals surface area (Å²) in [6.45, 7) is 9.97. The molecule has 1 fully saturated rings. The normalized spacial score (nSPS) is 19.3. The van der Waals surface area contributed by atoms with E-state index in [9.17, 15) is 0 Å². The first-order valence-electron chi connectivity index (χ1n) is 8.05. The maximum absolute atomic E-state index is 5.40. The molecule has 108 valence electrons. The van der Waals surface area contributed by atoms with Crippen molar-refractivity contribution in [3.05, 3.63) is 0 Å². The van der Waals surface area contributed by atoms with Gasteiger partial charge in [-0.3, -0.25) is 0 Å². The maximum atomic E-state index is 5.40. The van der Waals surface area contributed by atoms with Crippen molar-refractivity contribution in [1.29, 1.82) is 0 Å². The third kappa shape index (κ3) is 6.75. The molecule has 1 aliphatic heterocycles. The lowest BCUT2D eigenvalue weighted by molar-refractivity contribution is 0.0631. The molecule has 1 N–H and O–H groups in total. The fourth-order valence-corrected chi connectivity index (χ4v) is 2.94. The first-order valence-corrected chi connectivity index (χ1v) is 8.05. The largest absolute Gasteiger partial charge is 0.381 e. The summed E-state index contributed by atoms with van der Waals surface area (Å²) in [6.07, 6.45) is 9.58. The van der Waals surface area contributed by atoms with Gasteiger partial charge in [-0.1, -0.05) is 46.5 Å². The van der Waals surface area contributed by atoms with Crippen molar-refractivity contribution in [2.24, 2.45) is 11.8 Å². The van der Waals surface area contributed by atoms with Crippen LogP contribution in [0.15, 0.2) is 0 Å². The molecule has 0 radical (unpaired) electrons. The fraction of sp³-hybridized carbons (Fsp3) is 1.00. The molecule has 1 rings (SSSR count). The van der Waals surface area contributed by atoms with E-state index < -0.39 is 0 Å².